The molecule has 1 aliphatic rings. The van der Waals surface area contributed by atoms with Crippen molar-refractivity contribution in [2.45, 2.75) is 6.54 Å². The van der Waals surface area contributed by atoms with Crippen molar-refractivity contribution in [1.29, 1.82) is 0 Å². The van der Waals surface area contributed by atoms with E-state index in [1.807, 2.05) is 11.9 Å². The lowest BCUT2D eigenvalue weighted by Gasteiger charge is -2.32. The lowest BCUT2D eigenvalue weighted by molar-refractivity contribution is 0.145. The van der Waals surface area contributed by atoms with Crippen LogP contribution in [0, 0.1) is 17.5 Å². The molecule has 0 aliphatic carbocycles. The van der Waals surface area contributed by atoms with Gasteiger partial charge in [-0.2, -0.15) is 0 Å². The minimum Gasteiger partial charge on any atom is -0.453 e. The fraction of sp³-hybridized carbons (Fsp3) is 0.286. The summed E-state index contributed by atoms with van der Waals surface area (Å²) >= 11 is 0. The number of benzene rings is 2. The van der Waals surface area contributed by atoms with E-state index in [0.29, 0.717) is 13.1 Å². The highest BCUT2D eigenvalue weighted by atomic mass is 19.1. The molecule has 1 aliphatic heterocycles. The molecule has 0 unspecified atom stereocenters. The van der Waals surface area contributed by atoms with Gasteiger partial charge < -0.3 is 20.8 Å². The second-order valence-electron chi connectivity index (χ2n) is 7.51. The molecule has 1 aromatic heterocycles. The van der Waals surface area contributed by atoms with Crippen molar-refractivity contribution < 1.29 is 17.6 Å². The Labute approximate surface area is 170 Å². The van der Waals surface area contributed by atoms with Crippen molar-refractivity contribution >= 4 is 22.3 Å². The second-order valence-corrected chi connectivity index (χ2v) is 7.51. The maximum absolute atomic E-state index is 15.3. The van der Waals surface area contributed by atoms with Gasteiger partial charge in [0.15, 0.2) is 22.6 Å². The van der Waals surface area contributed by atoms with Crippen LogP contribution in [0.4, 0.5) is 24.5 Å². The largest absolute Gasteiger partial charge is 0.453 e. The Morgan fingerprint density at radius 3 is 2.40 bits per heavy atom. The van der Waals surface area contributed by atoms with E-state index in [4.69, 9.17) is 15.9 Å². The normalized spacial score (nSPS) is 15.7. The molecule has 3 aromatic rings. The van der Waals surface area contributed by atoms with Crippen LogP contribution in [-0.2, 0) is 6.54 Å². The van der Waals surface area contributed by atoms with Crippen molar-refractivity contribution in [3.63, 3.8) is 0 Å². The fourth-order valence-corrected chi connectivity index (χ4v) is 3.60. The molecule has 0 bridgehead atoms. The van der Waals surface area contributed by atoms with E-state index >= 15 is 4.39 Å². The van der Waals surface area contributed by atoms with Crippen LogP contribution in [0.1, 0.15) is 5.56 Å². The Hall–Kier alpha value is -3.04. The van der Waals surface area contributed by atoms with Crippen LogP contribution < -0.4 is 16.9 Å². The summed E-state index contributed by atoms with van der Waals surface area (Å²) in [6.45, 7) is 2.82. The SMILES string of the molecule is CN1CCN(Cc2c(F)c(N)c3c(=O)cc(-c4ccc(N)c(F)c4)oc3c2F)CC1. The van der Waals surface area contributed by atoms with Gasteiger partial charge in [-0.05, 0) is 25.2 Å². The molecule has 158 valence electrons. The van der Waals surface area contributed by atoms with Gasteiger partial charge in [0.05, 0.1) is 16.8 Å². The van der Waals surface area contributed by atoms with Crippen molar-refractivity contribution in [2.75, 3.05) is 44.7 Å². The first-order valence-corrected chi connectivity index (χ1v) is 9.45. The lowest BCUT2D eigenvalue weighted by Crippen LogP contribution is -2.44. The number of fused-ring (bicyclic) bond motifs is 1. The summed E-state index contributed by atoms with van der Waals surface area (Å²) in [5.74, 6) is -2.71. The predicted octanol–water partition coefficient (Wildman–Crippen LogP) is 2.79. The Morgan fingerprint density at radius 1 is 1.03 bits per heavy atom. The van der Waals surface area contributed by atoms with Gasteiger partial charge in [-0.25, -0.2) is 13.2 Å². The number of anilines is 2. The second kappa shape index (κ2) is 7.66. The van der Waals surface area contributed by atoms with Crippen molar-refractivity contribution in [1.82, 2.24) is 9.80 Å². The minimum atomic E-state index is -0.981. The molecule has 1 saturated heterocycles. The van der Waals surface area contributed by atoms with Crippen LogP contribution in [-0.4, -0.2) is 43.0 Å². The third-order valence-corrected chi connectivity index (χ3v) is 5.45. The number of halogens is 3. The van der Waals surface area contributed by atoms with Gasteiger partial charge >= 0.3 is 0 Å². The summed E-state index contributed by atoms with van der Waals surface area (Å²) < 4.78 is 49.6. The molecule has 2 heterocycles. The number of nitrogens with zero attached hydrogens (tertiary/aromatic N) is 2. The molecular formula is C21H21F3N4O2. The molecule has 2 aromatic carbocycles. The number of hydrogen-bond acceptors (Lipinski definition) is 6. The Bertz CT molecular complexity index is 1190. The highest BCUT2D eigenvalue weighted by Gasteiger charge is 2.25. The zero-order valence-electron chi connectivity index (χ0n) is 16.3. The Morgan fingerprint density at radius 2 is 1.73 bits per heavy atom. The van der Waals surface area contributed by atoms with E-state index in [9.17, 15) is 13.6 Å². The van der Waals surface area contributed by atoms with Gasteiger partial charge in [-0.3, -0.25) is 9.69 Å². The monoisotopic (exact) mass is 418 g/mol. The van der Waals surface area contributed by atoms with Gasteiger partial charge in [0.1, 0.15) is 11.6 Å². The highest BCUT2D eigenvalue weighted by Crippen LogP contribution is 2.33. The molecule has 30 heavy (non-hydrogen) atoms. The number of nitrogens with two attached hydrogens (primary N) is 2. The topological polar surface area (TPSA) is 88.7 Å². The molecule has 4 rings (SSSR count). The van der Waals surface area contributed by atoms with E-state index in [1.54, 1.807) is 0 Å². The van der Waals surface area contributed by atoms with Crippen molar-refractivity contribution in [3.05, 3.63) is 57.5 Å². The maximum Gasteiger partial charge on any atom is 0.195 e. The third-order valence-electron chi connectivity index (χ3n) is 5.45. The molecule has 9 heteroatoms. The molecule has 0 atom stereocenters. The average Bonchev–Trinajstić information content (AvgIpc) is 2.72. The zero-order chi connectivity index (χ0) is 21.6. The zero-order valence-corrected chi connectivity index (χ0v) is 16.3. The number of piperazine rings is 1. The van der Waals surface area contributed by atoms with Gasteiger partial charge in [0.25, 0.3) is 0 Å². The van der Waals surface area contributed by atoms with Gasteiger partial charge in [-0.15, -0.1) is 0 Å². The first-order valence-electron chi connectivity index (χ1n) is 9.45. The van der Waals surface area contributed by atoms with E-state index in [0.717, 1.165) is 25.2 Å². The molecule has 0 amide bonds. The van der Waals surface area contributed by atoms with Gasteiger partial charge in [0, 0.05) is 49.9 Å². The van der Waals surface area contributed by atoms with E-state index in [2.05, 4.69) is 4.90 Å². The summed E-state index contributed by atoms with van der Waals surface area (Å²) in [7, 11) is 1.97. The molecule has 1 fully saturated rings. The van der Waals surface area contributed by atoms with Crippen LogP contribution in [0.5, 0.6) is 0 Å². The van der Waals surface area contributed by atoms with Crippen LogP contribution in [0.2, 0.25) is 0 Å². The van der Waals surface area contributed by atoms with Crippen molar-refractivity contribution in [3.8, 4) is 11.3 Å². The van der Waals surface area contributed by atoms with Crippen molar-refractivity contribution in [2.24, 2.45) is 0 Å². The Kier molecular flexibility index (Phi) is 5.17. The predicted molar refractivity (Wildman–Crippen MR) is 109 cm³/mol. The molecule has 4 N–H and O–H groups in total. The fourth-order valence-electron chi connectivity index (χ4n) is 3.60. The van der Waals surface area contributed by atoms with Gasteiger partial charge in [-0.1, -0.05) is 0 Å². The highest BCUT2D eigenvalue weighted by molar-refractivity contribution is 5.91. The first kappa shape index (κ1) is 20.2. The minimum absolute atomic E-state index is 0.00389. The number of hydrogen-bond donors (Lipinski definition) is 2. The molecular weight excluding hydrogens is 397 g/mol. The average molecular weight is 418 g/mol. The van der Waals surface area contributed by atoms with Crippen LogP contribution in [0.15, 0.2) is 33.5 Å². The van der Waals surface area contributed by atoms with Crippen LogP contribution >= 0.6 is 0 Å². The molecule has 0 radical (unpaired) electrons. The van der Waals surface area contributed by atoms with E-state index in [1.165, 1.54) is 12.1 Å². The summed E-state index contributed by atoms with van der Waals surface area (Å²) in [5.41, 5.74) is 9.56. The summed E-state index contributed by atoms with van der Waals surface area (Å²) in [6, 6.07) is 4.86. The quantitative estimate of drug-likeness (QED) is 0.636. The Balaban J connectivity index is 1.84. The van der Waals surface area contributed by atoms with Crippen LogP contribution in [0.3, 0.4) is 0 Å². The molecule has 0 saturated carbocycles. The van der Waals surface area contributed by atoms with E-state index in [-0.39, 0.29) is 34.5 Å². The first-order chi connectivity index (χ1) is 14.3. The van der Waals surface area contributed by atoms with Gasteiger partial charge in [0.2, 0.25) is 0 Å². The summed E-state index contributed by atoms with van der Waals surface area (Å²) in [6.07, 6.45) is 0. The summed E-state index contributed by atoms with van der Waals surface area (Å²) in [4.78, 5) is 16.6. The summed E-state index contributed by atoms with van der Waals surface area (Å²) in [5, 5.41) is -0.369. The molecule has 6 nitrogen and oxygen atoms in total. The van der Waals surface area contributed by atoms with E-state index < -0.39 is 34.2 Å². The number of nitrogen functional groups attached to an aromatic ring is 2. The standard InChI is InChI=1S/C21H21F3N4O2/c1-27-4-6-28(7-5-27)10-12-18(23)20(26)17-15(29)9-16(30-21(17)19(12)24)11-2-3-14(25)13(22)8-11/h2-3,8-9H,4-7,10,25-26H2,1H3. The maximum atomic E-state index is 15.3. The lowest BCUT2D eigenvalue weighted by atomic mass is 10.0. The molecule has 0 spiro atoms. The number of likely N-dealkylation sites (N-methyl/N-ethyl adjacent to an activating group) is 1. The third kappa shape index (κ3) is 3.50. The number of rotatable bonds is 3. The van der Waals surface area contributed by atoms with Crippen LogP contribution in [0.25, 0.3) is 22.3 Å². The smallest absolute Gasteiger partial charge is 0.195 e.